The number of likely N-dealkylation sites (tertiary alicyclic amines) is 1. The van der Waals surface area contributed by atoms with Gasteiger partial charge in [0.15, 0.2) is 0 Å². The van der Waals surface area contributed by atoms with E-state index in [0.717, 1.165) is 44.3 Å². The first kappa shape index (κ1) is 15.8. The number of rotatable bonds is 4. The van der Waals surface area contributed by atoms with Crippen LogP contribution in [0.5, 0.6) is 0 Å². The number of allylic oxidation sites excluding steroid dienone is 2. The molecule has 1 aliphatic heterocycles. The summed E-state index contributed by atoms with van der Waals surface area (Å²) in [6, 6.07) is 9.35. The second-order valence-electron chi connectivity index (χ2n) is 6.24. The summed E-state index contributed by atoms with van der Waals surface area (Å²) in [6.07, 6.45) is 7.75. The van der Waals surface area contributed by atoms with Gasteiger partial charge in [-0.25, -0.2) is 0 Å². The second-order valence-corrected chi connectivity index (χ2v) is 6.24. The lowest BCUT2D eigenvalue weighted by atomic mass is 9.94. The third kappa shape index (κ3) is 3.81. The zero-order chi connectivity index (χ0) is 16.1. The van der Waals surface area contributed by atoms with Crippen LogP contribution in [0, 0.1) is 5.92 Å². The van der Waals surface area contributed by atoms with Crippen molar-refractivity contribution < 1.29 is 14.3 Å². The Morgan fingerprint density at radius 2 is 1.83 bits per heavy atom. The molecule has 4 nitrogen and oxygen atoms in total. The van der Waals surface area contributed by atoms with Crippen molar-refractivity contribution in [3.05, 3.63) is 48.0 Å². The fourth-order valence-corrected chi connectivity index (χ4v) is 3.21. The predicted octanol–water partition coefficient (Wildman–Crippen LogP) is 3.25. The predicted molar refractivity (Wildman–Crippen MR) is 87.6 cm³/mol. The smallest absolute Gasteiger partial charge is 0.310 e. The second kappa shape index (κ2) is 7.44. The third-order valence-electron chi connectivity index (χ3n) is 4.58. The zero-order valence-electron chi connectivity index (χ0n) is 13.3. The minimum absolute atomic E-state index is 0.0894. The molecule has 0 saturated carbocycles. The molecule has 0 spiro atoms. The number of esters is 1. The highest BCUT2D eigenvalue weighted by atomic mass is 16.5. The fourth-order valence-electron chi connectivity index (χ4n) is 3.21. The van der Waals surface area contributed by atoms with Crippen LogP contribution in [0.3, 0.4) is 0 Å². The molecule has 3 rings (SSSR count). The molecule has 2 atom stereocenters. The maximum Gasteiger partial charge on any atom is 0.310 e. The number of hydrogen-bond donors (Lipinski definition) is 0. The molecule has 0 radical (unpaired) electrons. The van der Waals surface area contributed by atoms with Crippen LogP contribution in [0.4, 0.5) is 0 Å². The summed E-state index contributed by atoms with van der Waals surface area (Å²) in [4.78, 5) is 27.1. The van der Waals surface area contributed by atoms with E-state index in [4.69, 9.17) is 4.74 Å². The molecule has 4 heteroatoms. The van der Waals surface area contributed by atoms with Gasteiger partial charge in [-0.05, 0) is 32.1 Å². The first-order valence-corrected chi connectivity index (χ1v) is 8.45. The summed E-state index contributed by atoms with van der Waals surface area (Å²) >= 11 is 0. The van der Waals surface area contributed by atoms with Crippen LogP contribution in [0.2, 0.25) is 0 Å². The van der Waals surface area contributed by atoms with Crippen molar-refractivity contribution in [2.75, 3.05) is 13.1 Å². The number of benzene rings is 1. The van der Waals surface area contributed by atoms with Gasteiger partial charge in [-0.3, -0.25) is 9.59 Å². The quantitative estimate of drug-likeness (QED) is 0.633. The van der Waals surface area contributed by atoms with Crippen molar-refractivity contribution in [2.24, 2.45) is 5.92 Å². The van der Waals surface area contributed by atoms with Crippen LogP contribution in [0.25, 0.3) is 0 Å². The first-order valence-electron chi connectivity index (χ1n) is 8.45. The van der Waals surface area contributed by atoms with E-state index in [9.17, 15) is 9.59 Å². The molecule has 1 saturated heterocycles. The van der Waals surface area contributed by atoms with Gasteiger partial charge in [-0.2, -0.15) is 0 Å². The zero-order valence-corrected chi connectivity index (χ0v) is 13.3. The molecular weight excluding hydrogens is 290 g/mol. The lowest BCUT2D eigenvalue weighted by molar-refractivity contribution is -0.164. The van der Waals surface area contributed by atoms with Crippen molar-refractivity contribution in [2.45, 2.75) is 38.2 Å². The lowest BCUT2D eigenvalue weighted by Crippen LogP contribution is -2.36. The molecule has 0 bridgehead atoms. The molecule has 1 fully saturated rings. The Hall–Kier alpha value is -2.10. The van der Waals surface area contributed by atoms with Gasteiger partial charge < -0.3 is 9.64 Å². The van der Waals surface area contributed by atoms with E-state index in [2.05, 4.69) is 6.08 Å². The highest BCUT2D eigenvalue weighted by Gasteiger charge is 2.32. The van der Waals surface area contributed by atoms with Crippen molar-refractivity contribution in [1.29, 1.82) is 0 Å². The van der Waals surface area contributed by atoms with Crippen molar-refractivity contribution in [3.8, 4) is 0 Å². The van der Waals surface area contributed by atoms with E-state index < -0.39 is 6.10 Å². The number of nitrogens with zero attached hydrogens (tertiary/aromatic N) is 1. The van der Waals surface area contributed by atoms with Crippen LogP contribution >= 0.6 is 0 Å². The van der Waals surface area contributed by atoms with Crippen LogP contribution in [0.1, 0.15) is 43.8 Å². The average molecular weight is 313 g/mol. The third-order valence-corrected chi connectivity index (χ3v) is 4.58. The minimum Gasteiger partial charge on any atom is -0.447 e. The van der Waals surface area contributed by atoms with Gasteiger partial charge in [0.25, 0.3) is 5.91 Å². The average Bonchev–Trinajstić information content (AvgIpc) is 3.15. The van der Waals surface area contributed by atoms with Gasteiger partial charge in [0.1, 0.15) is 0 Å². The lowest BCUT2D eigenvalue weighted by Gasteiger charge is -2.25. The minimum atomic E-state index is -0.812. The van der Waals surface area contributed by atoms with E-state index in [1.165, 1.54) is 0 Å². The summed E-state index contributed by atoms with van der Waals surface area (Å²) in [5, 5.41) is 0. The number of ether oxygens (including phenoxy) is 1. The van der Waals surface area contributed by atoms with Gasteiger partial charge in [0.2, 0.25) is 6.10 Å². The largest absolute Gasteiger partial charge is 0.447 e. The molecular formula is C19H23NO3. The number of carbonyl (C=O) groups excluding carboxylic acids is 2. The Morgan fingerprint density at radius 1 is 1.09 bits per heavy atom. The molecule has 2 aliphatic rings. The fraction of sp³-hybridized carbons (Fsp3) is 0.474. The summed E-state index contributed by atoms with van der Waals surface area (Å²) in [7, 11) is 0. The Labute approximate surface area is 137 Å². The molecule has 0 N–H and O–H groups in total. The van der Waals surface area contributed by atoms with Gasteiger partial charge >= 0.3 is 5.97 Å². The Balaban J connectivity index is 1.76. The number of hydrogen-bond acceptors (Lipinski definition) is 3. The standard InChI is InChI=1S/C19H23NO3/c21-18(20-13-7-8-14-20)17(15-9-3-1-4-10-15)23-19(22)16-11-5-2-6-12-16/h1-5,9-10,16-17H,6-8,11-14H2/t16-,17-/m1/s1. The van der Waals surface area contributed by atoms with Crippen LogP contribution in [0.15, 0.2) is 42.5 Å². The van der Waals surface area contributed by atoms with Crippen LogP contribution in [-0.2, 0) is 14.3 Å². The highest BCUT2D eigenvalue weighted by molar-refractivity contribution is 5.85. The molecule has 1 aromatic rings. The van der Waals surface area contributed by atoms with Gasteiger partial charge in [0.05, 0.1) is 5.92 Å². The SMILES string of the molecule is O=C(O[C@@H](C(=O)N1CCCC1)c1ccccc1)[C@@H]1CC=CCC1. The monoisotopic (exact) mass is 313 g/mol. The number of amides is 1. The van der Waals surface area contributed by atoms with Crippen molar-refractivity contribution in [3.63, 3.8) is 0 Å². The first-order chi connectivity index (χ1) is 11.3. The van der Waals surface area contributed by atoms with Gasteiger partial charge in [-0.15, -0.1) is 0 Å². The maximum atomic E-state index is 12.8. The van der Waals surface area contributed by atoms with E-state index in [1.54, 1.807) is 0 Å². The van der Waals surface area contributed by atoms with E-state index in [0.29, 0.717) is 6.42 Å². The Kier molecular flexibility index (Phi) is 5.11. The van der Waals surface area contributed by atoms with Crippen LogP contribution in [-0.4, -0.2) is 29.9 Å². The summed E-state index contributed by atoms with van der Waals surface area (Å²) in [6.45, 7) is 1.51. The molecule has 23 heavy (non-hydrogen) atoms. The molecule has 0 aromatic heterocycles. The maximum absolute atomic E-state index is 12.8. The summed E-state index contributed by atoms with van der Waals surface area (Å²) in [5.74, 6) is -0.471. The van der Waals surface area contributed by atoms with Gasteiger partial charge in [0, 0.05) is 18.7 Å². The molecule has 1 amide bonds. The van der Waals surface area contributed by atoms with E-state index in [-0.39, 0.29) is 17.8 Å². The number of carbonyl (C=O) groups is 2. The molecule has 1 aromatic carbocycles. The molecule has 1 aliphatic carbocycles. The molecule has 0 unspecified atom stereocenters. The van der Waals surface area contributed by atoms with E-state index in [1.807, 2.05) is 41.3 Å². The molecule has 122 valence electrons. The summed E-state index contributed by atoms with van der Waals surface area (Å²) < 4.78 is 5.69. The highest BCUT2D eigenvalue weighted by Crippen LogP contribution is 2.27. The normalized spacial score (nSPS) is 21.9. The Bertz CT molecular complexity index is 576. The van der Waals surface area contributed by atoms with Crippen molar-refractivity contribution >= 4 is 11.9 Å². The molecule has 1 heterocycles. The van der Waals surface area contributed by atoms with Crippen molar-refractivity contribution in [1.82, 2.24) is 4.90 Å². The Morgan fingerprint density at radius 3 is 2.48 bits per heavy atom. The van der Waals surface area contributed by atoms with Crippen LogP contribution < -0.4 is 0 Å². The topological polar surface area (TPSA) is 46.6 Å². The van der Waals surface area contributed by atoms with Gasteiger partial charge in [-0.1, -0.05) is 42.5 Å². The summed E-state index contributed by atoms with van der Waals surface area (Å²) in [5.41, 5.74) is 0.754. The van der Waals surface area contributed by atoms with E-state index >= 15 is 0 Å².